The average Bonchev–Trinajstić information content (AvgIpc) is 2.39. The maximum Gasteiger partial charge on any atom is 0.242 e. The molecular weight excluding hydrogens is 234 g/mol. The summed E-state index contributed by atoms with van der Waals surface area (Å²) in [5.74, 6) is -0.558. The Bertz CT molecular complexity index is 260. The van der Waals surface area contributed by atoms with E-state index in [4.69, 9.17) is 17.2 Å². The van der Waals surface area contributed by atoms with E-state index in [1.807, 2.05) is 0 Å². The summed E-state index contributed by atoms with van der Waals surface area (Å²) >= 11 is 0. The molecule has 0 aromatic carbocycles. The third kappa shape index (κ3) is 6.53. The normalized spacial score (nSPS) is 13.8. The van der Waals surface area contributed by atoms with E-state index in [1.165, 1.54) is 7.05 Å². The molecule has 7 nitrogen and oxygen atoms in total. The Morgan fingerprint density at radius 2 is 1.61 bits per heavy atom. The van der Waals surface area contributed by atoms with Crippen LogP contribution in [0.15, 0.2) is 0 Å². The maximum absolute atomic E-state index is 11.8. The Balaban J connectivity index is 4.28. The molecule has 0 aliphatic carbocycles. The molecule has 0 saturated heterocycles. The summed E-state index contributed by atoms with van der Waals surface area (Å²) in [6.45, 7) is 0.968. The molecule has 0 rings (SSSR count). The number of hydrogen-bond donors (Lipinski definition) is 5. The summed E-state index contributed by atoms with van der Waals surface area (Å²) in [4.78, 5) is 23.3. The van der Waals surface area contributed by atoms with Crippen LogP contribution in [0, 0.1) is 0 Å². The first kappa shape index (κ1) is 16.8. The lowest BCUT2D eigenvalue weighted by Gasteiger charge is -2.19. The molecule has 0 radical (unpaired) electrons. The Hall–Kier alpha value is -1.18. The molecule has 0 bridgehead atoms. The minimum absolute atomic E-state index is 0.233. The van der Waals surface area contributed by atoms with E-state index < -0.39 is 12.1 Å². The first-order chi connectivity index (χ1) is 8.56. The monoisotopic (exact) mass is 259 g/mol. The third-order valence-corrected chi connectivity index (χ3v) is 2.63. The second-order valence-electron chi connectivity index (χ2n) is 4.14. The summed E-state index contributed by atoms with van der Waals surface area (Å²) in [6, 6.07) is -1.20. The van der Waals surface area contributed by atoms with Crippen molar-refractivity contribution in [2.75, 3.05) is 20.1 Å². The molecule has 2 unspecified atom stereocenters. The van der Waals surface area contributed by atoms with Gasteiger partial charge < -0.3 is 27.8 Å². The van der Waals surface area contributed by atoms with E-state index in [-0.39, 0.29) is 11.8 Å². The standard InChI is InChI=1S/C11H25N5O2/c1-15-11(18)9(5-3-7-13)16-10(17)8(14)4-2-6-12/h8-9H,2-7,12-14H2,1H3,(H,15,18)(H,16,17). The molecule has 0 heterocycles. The summed E-state index contributed by atoms with van der Waals surface area (Å²) in [7, 11) is 1.53. The van der Waals surface area contributed by atoms with Gasteiger partial charge >= 0.3 is 0 Å². The van der Waals surface area contributed by atoms with Gasteiger partial charge in [0, 0.05) is 7.05 Å². The number of hydrogen-bond acceptors (Lipinski definition) is 5. The Morgan fingerprint density at radius 1 is 1.06 bits per heavy atom. The highest BCUT2D eigenvalue weighted by atomic mass is 16.2. The molecule has 0 aliphatic heterocycles. The van der Waals surface area contributed by atoms with Gasteiger partial charge in [0.2, 0.25) is 11.8 Å². The zero-order chi connectivity index (χ0) is 14.0. The second kappa shape index (κ2) is 9.81. The van der Waals surface area contributed by atoms with Gasteiger partial charge in [-0.25, -0.2) is 0 Å². The number of rotatable bonds is 9. The zero-order valence-electron chi connectivity index (χ0n) is 10.9. The average molecular weight is 259 g/mol. The number of carbonyl (C=O) groups excluding carboxylic acids is 2. The minimum atomic E-state index is -0.626. The van der Waals surface area contributed by atoms with Crippen LogP contribution in [0.25, 0.3) is 0 Å². The molecule has 18 heavy (non-hydrogen) atoms. The molecule has 0 aromatic heterocycles. The summed E-state index contributed by atoms with van der Waals surface area (Å²) < 4.78 is 0. The van der Waals surface area contributed by atoms with Crippen molar-refractivity contribution in [3.8, 4) is 0 Å². The molecule has 0 saturated carbocycles. The lowest BCUT2D eigenvalue weighted by molar-refractivity contribution is -0.129. The maximum atomic E-state index is 11.8. The van der Waals surface area contributed by atoms with Gasteiger partial charge in [-0.2, -0.15) is 0 Å². The van der Waals surface area contributed by atoms with E-state index in [2.05, 4.69) is 10.6 Å². The van der Waals surface area contributed by atoms with Crippen molar-refractivity contribution in [2.24, 2.45) is 17.2 Å². The van der Waals surface area contributed by atoms with Crippen molar-refractivity contribution in [3.05, 3.63) is 0 Å². The first-order valence-corrected chi connectivity index (χ1v) is 6.24. The van der Waals surface area contributed by atoms with Gasteiger partial charge in [-0.1, -0.05) is 0 Å². The lowest BCUT2D eigenvalue weighted by Crippen LogP contribution is -2.51. The molecule has 0 fully saturated rings. The van der Waals surface area contributed by atoms with Crippen LogP contribution in [0.1, 0.15) is 25.7 Å². The van der Waals surface area contributed by atoms with Crippen LogP contribution in [0.5, 0.6) is 0 Å². The van der Waals surface area contributed by atoms with Crippen LogP contribution in [0.2, 0.25) is 0 Å². The van der Waals surface area contributed by atoms with Crippen molar-refractivity contribution in [1.29, 1.82) is 0 Å². The largest absolute Gasteiger partial charge is 0.357 e. The number of carbonyl (C=O) groups is 2. The molecule has 0 aromatic rings. The number of amides is 2. The van der Waals surface area contributed by atoms with Gasteiger partial charge in [0.15, 0.2) is 0 Å². The highest BCUT2D eigenvalue weighted by molar-refractivity contribution is 5.89. The van der Waals surface area contributed by atoms with Crippen molar-refractivity contribution < 1.29 is 9.59 Å². The topological polar surface area (TPSA) is 136 Å². The van der Waals surface area contributed by atoms with Gasteiger partial charge in [0.05, 0.1) is 6.04 Å². The van der Waals surface area contributed by atoms with Crippen molar-refractivity contribution in [1.82, 2.24) is 10.6 Å². The van der Waals surface area contributed by atoms with E-state index in [0.717, 1.165) is 0 Å². The van der Waals surface area contributed by atoms with Gasteiger partial charge in [0.25, 0.3) is 0 Å². The van der Waals surface area contributed by atoms with E-state index in [0.29, 0.717) is 38.8 Å². The highest BCUT2D eigenvalue weighted by Gasteiger charge is 2.22. The smallest absolute Gasteiger partial charge is 0.242 e. The van der Waals surface area contributed by atoms with E-state index in [9.17, 15) is 9.59 Å². The first-order valence-electron chi connectivity index (χ1n) is 6.24. The molecule has 0 spiro atoms. The summed E-state index contributed by atoms with van der Waals surface area (Å²) in [6.07, 6.45) is 2.36. The quantitative estimate of drug-likeness (QED) is 0.327. The Kier molecular flexibility index (Phi) is 9.17. The second-order valence-corrected chi connectivity index (χ2v) is 4.14. The molecule has 2 amide bonds. The predicted octanol–water partition coefficient (Wildman–Crippen LogP) is -1.98. The molecule has 8 N–H and O–H groups in total. The van der Waals surface area contributed by atoms with Crippen LogP contribution < -0.4 is 27.8 Å². The molecule has 0 aliphatic rings. The van der Waals surface area contributed by atoms with Crippen LogP contribution in [-0.2, 0) is 9.59 Å². The van der Waals surface area contributed by atoms with Crippen molar-refractivity contribution in [3.63, 3.8) is 0 Å². The minimum Gasteiger partial charge on any atom is -0.357 e. The summed E-state index contributed by atoms with van der Waals surface area (Å²) in [5.41, 5.74) is 16.4. The predicted molar refractivity (Wildman–Crippen MR) is 70.5 cm³/mol. The number of likely N-dealkylation sites (N-methyl/N-ethyl adjacent to an activating group) is 1. The summed E-state index contributed by atoms with van der Waals surface area (Å²) in [5, 5.41) is 5.14. The number of nitrogens with one attached hydrogen (secondary N) is 2. The van der Waals surface area contributed by atoms with Crippen molar-refractivity contribution >= 4 is 11.8 Å². The fourth-order valence-electron chi connectivity index (χ4n) is 1.51. The molecule has 7 heteroatoms. The van der Waals surface area contributed by atoms with Gasteiger partial charge in [-0.05, 0) is 38.8 Å². The van der Waals surface area contributed by atoms with Crippen LogP contribution in [0.3, 0.4) is 0 Å². The van der Waals surface area contributed by atoms with Crippen LogP contribution >= 0.6 is 0 Å². The number of nitrogens with two attached hydrogens (primary N) is 3. The van der Waals surface area contributed by atoms with Gasteiger partial charge in [0.1, 0.15) is 6.04 Å². The van der Waals surface area contributed by atoms with E-state index >= 15 is 0 Å². The van der Waals surface area contributed by atoms with Crippen LogP contribution in [0.4, 0.5) is 0 Å². The molecule has 2 atom stereocenters. The van der Waals surface area contributed by atoms with Gasteiger partial charge in [-0.15, -0.1) is 0 Å². The lowest BCUT2D eigenvalue weighted by atomic mass is 10.1. The fourth-order valence-corrected chi connectivity index (χ4v) is 1.51. The van der Waals surface area contributed by atoms with E-state index in [1.54, 1.807) is 0 Å². The molecule has 106 valence electrons. The SMILES string of the molecule is CNC(=O)C(CCCN)NC(=O)C(N)CCCN. The highest BCUT2D eigenvalue weighted by Crippen LogP contribution is 1.99. The molecular formula is C11H25N5O2. The fraction of sp³-hybridized carbons (Fsp3) is 0.818. The third-order valence-electron chi connectivity index (χ3n) is 2.63. The van der Waals surface area contributed by atoms with Gasteiger partial charge in [-0.3, -0.25) is 9.59 Å². The Labute approximate surface area is 108 Å². The Morgan fingerprint density at radius 3 is 2.11 bits per heavy atom. The van der Waals surface area contributed by atoms with Crippen molar-refractivity contribution in [2.45, 2.75) is 37.8 Å². The zero-order valence-corrected chi connectivity index (χ0v) is 10.9. The van der Waals surface area contributed by atoms with Crippen LogP contribution in [-0.4, -0.2) is 44.0 Å².